The van der Waals surface area contributed by atoms with Crippen molar-refractivity contribution in [1.29, 1.82) is 0 Å². The maximum Gasteiger partial charge on any atom is 0.224 e. The van der Waals surface area contributed by atoms with Crippen LogP contribution in [0, 0.1) is 0 Å². The van der Waals surface area contributed by atoms with Gasteiger partial charge in [0.2, 0.25) is 5.91 Å². The molecule has 126 valence electrons. The summed E-state index contributed by atoms with van der Waals surface area (Å²) in [6.07, 6.45) is 6.98. The summed E-state index contributed by atoms with van der Waals surface area (Å²) in [5.74, 6) is 1.38. The van der Waals surface area contributed by atoms with E-state index in [1.807, 2.05) is 18.2 Å². The van der Waals surface area contributed by atoms with Gasteiger partial charge in [0.05, 0.1) is 0 Å². The average Bonchev–Trinajstić information content (AvgIpc) is 3.27. The molecule has 0 aliphatic heterocycles. The highest BCUT2D eigenvalue weighted by Gasteiger charge is 2.28. The molecule has 1 fully saturated rings. The molecule has 0 atom stereocenters. The first-order chi connectivity index (χ1) is 10.8. The molecule has 23 heavy (non-hydrogen) atoms. The lowest BCUT2D eigenvalue weighted by atomic mass is 10.1. The van der Waals surface area contributed by atoms with Crippen molar-refractivity contribution in [2.24, 2.45) is 5.73 Å². The van der Waals surface area contributed by atoms with Crippen LogP contribution in [0.15, 0.2) is 22.6 Å². The lowest BCUT2D eigenvalue weighted by Gasteiger charge is -2.04. The summed E-state index contributed by atoms with van der Waals surface area (Å²) >= 11 is 0. The van der Waals surface area contributed by atoms with Crippen LogP contribution >= 0.6 is 12.4 Å². The Morgan fingerprint density at radius 2 is 2.04 bits per heavy atom. The van der Waals surface area contributed by atoms with E-state index in [-0.39, 0.29) is 18.3 Å². The topological polar surface area (TPSA) is 81.2 Å². The van der Waals surface area contributed by atoms with Crippen molar-refractivity contribution < 1.29 is 9.21 Å². The zero-order valence-electron chi connectivity index (χ0n) is 13.2. The van der Waals surface area contributed by atoms with Crippen molar-refractivity contribution in [3.8, 4) is 0 Å². The van der Waals surface area contributed by atoms with Gasteiger partial charge in [-0.05, 0) is 50.4 Å². The number of unbranched alkanes of at least 4 members (excludes halogenated alkanes) is 3. The summed E-state index contributed by atoms with van der Waals surface area (Å²) in [6, 6.07) is 5.64. The first kappa shape index (κ1) is 17.8. The molecule has 2 aromatic rings. The maximum absolute atomic E-state index is 11.9. The predicted molar refractivity (Wildman–Crippen MR) is 94.0 cm³/mol. The number of nitrogens with one attached hydrogen (secondary N) is 1. The monoisotopic (exact) mass is 337 g/mol. The van der Waals surface area contributed by atoms with Crippen LogP contribution < -0.4 is 11.1 Å². The third-order valence-corrected chi connectivity index (χ3v) is 3.97. The van der Waals surface area contributed by atoms with E-state index >= 15 is 0 Å². The van der Waals surface area contributed by atoms with Crippen molar-refractivity contribution in [2.45, 2.75) is 50.9 Å². The second kappa shape index (κ2) is 8.31. The summed E-state index contributed by atoms with van der Waals surface area (Å²) in [5.41, 5.74) is 7.85. The van der Waals surface area contributed by atoms with Crippen LogP contribution in [0.4, 0.5) is 5.69 Å². The number of amides is 1. The summed E-state index contributed by atoms with van der Waals surface area (Å²) in [5, 5.41) is 2.93. The van der Waals surface area contributed by atoms with Gasteiger partial charge in [-0.3, -0.25) is 4.79 Å². The zero-order valence-corrected chi connectivity index (χ0v) is 14.0. The van der Waals surface area contributed by atoms with Crippen LogP contribution in [-0.4, -0.2) is 17.4 Å². The highest BCUT2D eigenvalue weighted by atomic mass is 35.5. The van der Waals surface area contributed by atoms with Gasteiger partial charge in [0.1, 0.15) is 5.52 Å². The molecule has 0 radical (unpaired) electrons. The molecule has 1 heterocycles. The van der Waals surface area contributed by atoms with Crippen LogP contribution in [-0.2, 0) is 4.79 Å². The molecule has 0 saturated heterocycles. The maximum atomic E-state index is 11.9. The molecule has 1 aliphatic rings. The third kappa shape index (κ3) is 4.94. The van der Waals surface area contributed by atoms with Gasteiger partial charge in [-0.25, -0.2) is 4.98 Å². The zero-order chi connectivity index (χ0) is 15.4. The number of rotatable bonds is 8. The molecular weight excluding hydrogens is 314 g/mol. The number of nitrogens with zero attached hydrogens (tertiary/aromatic N) is 1. The van der Waals surface area contributed by atoms with E-state index in [4.69, 9.17) is 10.2 Å². The van der Waals surface area contributed by atoms with Crippen molar-refractivity contribution in [2.75, 3.05) is 11.9 Å². The van der Waals surface area contributed by atoms with Crippen LogP contribution in [0.25, 0.3) is 11.1 Å². The highest BCUT2D eigenvalue weighted by molar-refractivity contribution is 5.92. The van der Waals surface area contributed by atoms with E-state index in [1.54, 1.807) is 0 Å². The molecule has 5 nitrogen and oxygen atoms in total. The lowest BCUT2D eigenvalue weighted by molar-refractivity contribution is -0.116. The molecule has 3 rings (SSSR count). The molecule has 1 aliphatic carbocycles. The molecule has 1 aromatic carbocycles. The number of nitrogens with two attached hydrogens (primary N) is 1. The van der Waals surface area contributed by atoms with E-state index in [0.29, 0.717) is 12.3 Å². The Labute approximate surface area is 142 Å². The first-order valence-electron chi connectivity index (χ1n) is 8.16. The minimum Gasteiger partial charge on any atom is -0.440 e. The smallest absolute Gasteiger partial charge is 0.224 e. The van der Waals surface area contributed by atoms with Crippen molar-refractivity contribution in [3.05, 3.63) is 24.1 Å². The van der Waals surface area contributed by atoms with Gasteiger partial charge in [-0.1, -0.05) is 12.8 Å². The number of oxazole rings is 1. The minimum atomic E-state index is 0. The number of aromatic nitrogens is 1. The third-order valence-electron chi connectivity index (χ3n) is 3.97. The number of hydrogen-bond acceptors (Lipinski definition) is 4. The van der Waals surface area contributed by atoms with Crippen LogP contribution in [0.5, 0.6) is 0 Å². The van der Waals surface area contributed by atoms with Gasteiger partial charge in [-0.2, -0.15) is 0 Å². The van der Waals surface area contributed by atoms with Gasteiger partial charge < -0.3 is 15.5 Å². The molecule has 3 N–H and O–H groups in total. The quantitative estimate of drug-likeness (QED) is 0.714. The molecule has 6 heteroatoms. The second-order valence-corrected chi connectivity index (χ2v) is 6.01. The number of carbonyl (C=O) groups is 1. The number of benzene rings is 1. The van der Waals surface area contributed by atoms with Gasteiger partial charge in [0, 0.05) is 18.0 Å². The lowest BCUT2D eigenvalue weighted by Crippen LogP contribution is -2.11. The average molecular weight is 338 g/mol. The van der Waals surface area contributed by atoms with Crippen LogP contribution in [0.1, 0.15) is 56.8 Å². The van der Waals surface area contributed by atoms with Crippen molar-refractivity contribution in [3.63, 3.8) is 0 Å². The fraction of sp³-hybridized carbons (Fsp3) is 0.529. The summed E-state index contributed by atoms with van der Waals surface area (Å²) in [6.45, 7) is 0.729. The Bertz CT molecular complexity index is 652. The number of carbonyl (C=O) groups excluding carboxylic acids is 1. The van der Waals surface area contributed by atoms with Crippen LogP contribution in [0.2, 0.25) is 0 Å². The molecule has 1 amide bonds. The van der Waals surface area contributed by atoms with Gasteiger partial charge in [-0.15, -0.1) is 12.4 Å². The standard InChI is InChI=1S/C17H23N3O2.ClH/c18-10-4-2-1-3-5-16(21)19-13-8-9-15-14(11-13)20-17(22-15)12-6-7-12;/h8-9,11-12H,1-7,10,18H2,(H,19,21);1H. The number of halogens is 1. The van der Waals surface area contributed by atoms with E-state index in [9.17, 15) is 4.79 Å². The summed E-state index contributed by atoms with van der Waals surface area (Å²) < 4.78 is 5.72. The Kier molecular flexibility index (Phi) is 6.42. The van der Waals surface area contributed by atoms with E-state index < -0.39 is 0 Å². The predicted octanol–water partition coefficient (Wildman–Crippen LogP) is 3.97. The number of fused-ring (bicyclic) bond motifs is 1. The Balaban J connectivity index is 0.00000192. The summed E-state index contributed by atoms with van der Waals surface area (Å²) in [7, 11) is 0. The van der Waals surface area contributed by atoms with Gasteiger partial charge in [0.25, 0.3) is 0 Å². The van der Waals surface area contributed by atoms with E-state index in [2.05, 4.69) is 10.3 Å². The molecule has 1 saturated carbocycles. The number of anilines is 1. The largest absolute Gasteiger partial charge is 0.440 e. The van der Waals surface area contributed by atoms with E-state index in [1.165, 1.54) is 12.8 Å². The summed E-state index contributed by atoms with van der Waals surface area (Å²) in [4.78, 5) is 16.4. The Hall–Kier alpha value is -1.59. The van der Waals surface area contributed by atoms with Gasteiger partial charge in [0.15, 0.2) is 11.5 Å². The Morgan fingerprint density at radius 3 is 2.78 bits per heavy atom. The molecule has 1 aromatic heterocycles. The van der Waals surface area contributed by atoms with Crippen LogP contribution in [0.3, 0.4) is 0 Å². The second-order valence-electron chi connectivity index (χ2n) is 6.01. The number of hydrogen-bond donors (Lipinski definition) is 2. The van der Waals surface area contributed by atoms with Gasteiger partial charge >= 0.3 is 0 Å². The Morgan fingerprint density at radius 1 is 1.26 bits per heavy atom. The molecular formula is C17H24ClN3O2. The van der Waals surface area contributed by atoms with E-state index in [0.717, 1.165) is 54.9 Å². The molecule has 0 bridgehead atoms. The first-order valence-corrected chi connectivity index (χ1v) is 8.16. The minimum absolute atomic E-state index is 0. The van der Waals surface area contributed by atoms with Crippen molar-refractivity contribution >= 4 is 35.1 Å². The fourth-order valence-corrected chi connectivity index (χ4v) is 2.53. The highest BCUT2D eigenvalue weighted by Crippen LogP contribution is 2.40. The van der Waals surface area contributed by atoms with Crippen molar-refractivity contribution in [1.82, 2.24) is 4.98 Å². The molecule has 0 spiro atoms. The normalized spacial score (nSPS) is 13.8. The fourth-order valence-electron chi connectivity index (χ4n) is 2.53. The molecule has 0 unspecified atom stereocenters. The SMILES string of the molecule is Cl.NCCCCCCC(=O)Nc1ccc2oc(C3CC3)nc2c1.